The first kappa shape index (κ1) is 11.8. The van der Waals surface area contributed by atoms with Crippen LogP contribution in [-0.4, -0.2) is 10.1 Å². The molecular weight excluding hydrogens is 214 g/mol. The lowest BCUT2D eigenvalue weighted by Gasteiger charge is -2.15. The van der Waals surface area contributed by atoms with Gasteiger partial charge in [-0.15, -0.1) is 0 Å². The number of hydrogen-bond donors (Lipinski definition) is 1. The summed E-state index contributed by atoms with van der Waals surface area (Å²) in [5.74, 6) is 1.30. The topological polar surface area (TPSA) is 51.0 Å². The molecule has 0 radical (unpaired) electrons. The van der Waals surface area contributed by atoms with Gasteiger partial charge in [-0.3, -0.25) is 0 Å². The summed E-state index contributed by atoms with van der Waals surface area (Å²) in [6, 6.07) is 8.63. The molecule has 17 heavy (non-hydrogen) atoms. The molecule has 1 aromatic heterocycles. The maximum absolute atomic E-state index is 4.93. The van der Waals surface area contributed by atoms with Crippen molar-refractivity contribution in [2.24, 2.45) is 0 Å². The Morgan fingerprint density at radius 2 is 2.06 bits per heavy atom. The van der Waals surface area contributed by atoms with Crippen LogP contribution in [0.2, 0.25) is 0 Å². The Hall–Kier alpha value is -1.68. The molecule has 0 bridgehead atoms. The van der Waals surface area contributed by atoms with Crippen LogP contribution < -0.4 is 5.32 Å². The predicted octanol–water partition coefficient (Wildman–Crippen LogP) is 2.54. The summed E-state index contributed by atoms with van der Waals surface area (Å²) in [7, 11) is 0. The summed E-state index contributed by atoms with van der Waals surface area (Å²) in [5.41, 5.74) is 2.59. The predicted molar refractivity (Wildman–Crippen MR) is 65.5 cm³/mol. The van der Waals surface area contributed by atoms with Crippen molar-refractivity contribution in [1.82, 2.24) is 15.5 Å². The van der Waals surface area contributed by atoms with Crippen LogP contribution >= 0.6 is 0 Å². The molecule has 0 aliphatic carbocycles. The summed E-state index contributed by atoms with van der Waals surface area (Å²) in [6.45, 7) is 6.66. The van der Waals surface area contributed by atoms with Crippen LogP contribution in [0.3, 0.4) is 0 Å². The van der Waals surface area contributed by atoms with Gasteiger partial charge in [0.15, 0.2) is 5.82 Å². The lowest BCUT2D eigenvalue weighted by molar-refractivity contribution is 0.384. The van der Waals surface area contributed by atoms with Gasteiger partial charge in [0.25, 0.3) is 0 Å². The smallest absolute Gasteiger partial charge is 0.223 e. The van der Waals surface area contributed by atoms with Crippen molar-refractivity contribution in [1.29, 1.82) is 0 Å². The Labute approximate surface area is 101 Å². The minimum atomic E-state index is 0.273. The van der Waals surface area contributed by atoms with Crippen molar-refractivity contribution < 1.29 is 4.52 Å². The molecule has 1 unspecified atom stereocenters. The van der Waals surface area contributed by atoms with Gasteiger partial charge in [0.05, 0.1) is 6.54 Å². The Morgan fingerprint density at radius 3 is 2.71 bits per heavy atom. The van der Waals surface area contributed by atoms with Crippen molar-refractivity contribution in [2.75, 3.05) is 0 Å². The zero-order valence-electron chi connectivity index (χ0n) is 10.4. The van der Waals surface area contributed by atoms with E-state index in [0.29, 0.717) is 18.3 Å². The number of aryl methyl sites for hydroxylation is 2. The van der Waals surface area contributed by atoms with Crippen molar-refractivity contribution >= 4 is 0 Å². The lowest BCUT2D eigenvalue weighted by atomic mass is 10.0. The van der Waals surface area contributed by atoms with Crippen molar-refractivity contribution in [3.05, 3.63) is 47.1 Å². The van der Waals surface area contributed by atoms with Crippen LogP contribution in [0.4, 0.5) is 0 Å². The molecule has 0 spiro atoms. The first-order valence-corrected chi connectivity index (χ1v) is 5.75. The second kappa shape index (κ2) is 5.10. The molecule has 0 aliphatic rings. The van der Waals surface area contributed by atoms with E-state index >= 15 is 0 Å². The molecule has 0 saturated heterocycles. The van der Waals surface area contributed by atoms with Gasteiger partial charge in [0.1, 0.15) is 0 Å². The van der Waals surface area contributed by atoms with Gasteiger partial charge in [0.2, 0.25) is 5.89 Å². The first-order valence-electron chi connectivity index (χ1n) is 5.75. The van der Waals surface area contributed by atoms with Crippen LogP contribution in [0.15, 0.2) is 28.8 Å². The van der Waals surface area contributed by atoms with E-state index < -0.39 is 0 Å². The highest BCUT2D eigenvalue weighted by atomic mass is 16.5. The molecule has 1 N–H and O–H groups in total. The molecular formula is C13H17N3O. The minimum absolute atomic E-state index is 0.273. The molecule has 0 fully saturated rings. The van der Waals surface area contributed by atoms with E-state index in [4.69, 9.17) is 4.52 Å². The standard InChI is InChI=1S/C13H17N3O/c1-9-6-4-5-7-12(9)10(2)14-8-13-15-11(3)17-16-13/h4-7,10,14H,8H2,1-3H3. The first-order chi connectivity index (χ1) is 8.16. The quantitative estimate of drug-likeness (QED) is 0.878. The van der Waals surface area contributed by atoms with Crippen molar-refractivity contribution in [3.8, 4) is 0 Å². The van der Waals surface area contributed by atoms with E-state index in [-0.39, 0.29) is 6.04 Å². The van der Waals surface area contributed by atoms with Crippen LogP contribution in [0.25, 0.3) is 0 Å². The molecule has 0 saturated carbocycles. The zero-order valence-corrected chi connectivity index (χ0v) is 10.4. The molecule has 1 atom stereocenters. The molecule has 1 heterocycles. The normalized spacial score (nSPS) is 12.6. The largest absolute Gasteiger partial charge is 0.340 e. The van der Waals surface area contributed by atoms with Gasteiger partial charge in [-0.1, -0.05) is 29.4 Å². The second-order valence-corrected chi connectivity index (χ2v) is 4.19. The fourth-order valence-corrected chi connectivity index (χ4v) is 1.84. The highest BCUT2D eigenvalue weighted by Gasteiger charge is 2.09. The fourth-order valence-electron chi connectivity index (χ4n) is 1.84. The van der Waals surface area contributed by atoms with Crippen LogP contribution in [-0.2, 0) is 6.54 Å². The fraction of sp³-hybridized carbons (Fsp3) is 0.385. The second-order valence-electron chi connectivity index (χ2n) is 4.19. The van der Waals surface area contributed by atoms with E-state index in [1.54, 1.807) is 6.92 Å². The maximum Gasteiger partial charge on any atom is 0.223 e. The molecule has 90 valence electrons. The number of rotatable bonds is 4. The Morgan fingerprint density at radius 1 is 1.29 bits per heavy atom. The van der Waals surface area contributed by atoms with Crippen molar-refractivity contribution in [3.63, 3.8) is 0 Å². The summed E-state index contributed by atoms with van der Waals surface area (Å²) in [5, 5.41) is 7.24. The average molecular weight is 231 g/mol. The van der Waals surface area contributed by atoms with Crippen LogP contribution in [0, 0.1) is 13.8 Å². The number of benzene rings is 1. The van der Waals surface area contributed by atoms with Gasteiger partial charge in [-0.05, 0) is 25.0 Å². The molecule has 4 nitrogen and oxygen atoms in total. The number of nitrogens with one attached hydrogen (secondary N) is 1. The zero-order chi connectivity index (χ0) is 12.3. The maximum atomic E-state index is 4.93. The lowest BCUT2D eigenvalue weighted by Crippen LogP contribution is -2.19. The van der Waals surface area contributed by atoms with Crippen LogP contribution in [0.5, 0.6) is 0 Å². The summed E-state index contributed by atoms with van der Waals surface area (Å²) in [4.78, 5) is 4.16. The Balaban J connectivity index is 1.98. The third-order valence-corrected chi connectivity index (χ3v) is 2.79. The SMILES string of the molecule is Cc1nc(CNC(C)c2ccccc2C)no1. The van der Waals surface area contributed by atoms with Gasteiger partial charge in [-0.25, -0.2) is 0 Å². The third-order valence-electron chi connectivity index (χ3n) is 2.79. The van der Waals surface area contributed by atoms with E-state index in [9.17, 15) is 0 Å². The number of nitrogens with zero attached hydrogens (tertiary/aromatic N) is 2. The third kappa shape index (κ3) is 2.91. The summed E-state index contributed by atoms with van der Waals surface area (Å²) in [6.07, 6.45) is 0. The summed E-state index contributed by atoms with van der Waals surface area (Å²) < 4.78 is 4.93. The monoisotopic (exact) mass is 231 g/mol. The number of aromatic nitrogens is 2. The van der Waals surface area contributed by atoms with E-state index in [1.807, 2.05) is 6.07 Å². The average Bonchev–Trinajstić information content (AvgIpc) is 2.73. The molecule has 2 rings (SSSR count). The van der Waals surface area contributed by atoms with Crippen molar-refractivity contribution in [2.45, 2.75) is 33.4 Å². The van der Waals surface area contributed by atoms with Gasteiger partial charge < -0.3 is 9.84 Å². The van der Waals surface area contributed by atoms with Gasteiger partial charge >= 0.3 is 0 Å². The van der Waals surface area contributed by atoms with Crippen LogP contribution in [0.1, 0.15) is 35.8 Å². The van der Waals surface area contributed by atoms with Gasteiger partial charge in [0, 0.05) is 13.0 Å². The highest BCUT2D eigenvalue weighted by Crippen LogP contribution is 2.16. The molecule has 1 aromatic carbocycles. The van der Waals surface area contributed by atoms with Gasteiger partial charge in [-0.2, -0.15) is 4.98 Å². The van der Waals surface area contributed by atoms with E-state index in [0.717, 1.165) is 0 Å². The Kier molecular flexibility index (Phi) is 3.54. The van der Waals surface area contributed by atoms with E-state index in [2.05, 4.69) is 47.5 Å². The molecule has 0 amide bonds. The Bertz CT molecular complexity index is 493. The molecule has 0 aliphatic heterocycles. The highest BCUT2D eigenvalue weighted by molar-refractivity contribution is 5.28. The molecule has 2 aromatic rings. The molecule has 4 heteroatoms. The van der Waals surface area contributed by atoms with E-state index in [1.165, 1.54) is 11.1 Å². The summed E-state index contributed by atoms with van der Waals surface area (Å²) >= 11 is 0. The minimum Gasteiger partial charge on any atom is -0.340 e. The number of hydrogen-bond acceptors (Lipinski definition) is 4.